The Morgan fingerprint density at radius 2 is 1.82 bits per heavy atom. The van der Waals surface area contributed by atoms with E-state index in [1.165, 1.54) is 17.7 Å². The molecule has 1 amide bonds. The molecule has 0 atom stereocenters. The maximum absolute atomic E-state index is 11.9. The van der Waals surface area contributed by atoms with Gasteiger partial charge in [0.2, 0.25) is 5.91 Å². The van der Waals surface area contributed by atoms with Gasteiger partial charge in [0.15, 0.2) is 0 Å². The van der Waals surface area contributed by atoms with Crippen molar-refractivity contribution in [1.29, 1.82) is 0 Å². The summed E-state index contributed by atoms with van der Waals surface area (Å²) in [5.74, 6) is -0.153. The molecule has 0 bridgehead atoms. The zero-order chi connectivity index (χ0) is 15.9. The molecule has 0 saturated heterocycles. The van der Waals surface area contributed by atoms with Crippen molar-refractivity contribution in [3.05, 3.63) is 69.8 Å². The Hall–Kier alpha value is -2.69. The Morgan fingerprint density at radius 1 is 1.14 bits per heavy atom. The first-order valence-corrected chi connectivity index (χ1v) is 7.20. The number of nitro benzene ring substituents is 1. The fourth-order valence-corrected chi connectivity index (χ4v) is 2.12. The topological polar surface area (TPSA) is 72.2 Å². The number of rotatable bonds is 6. The van der Waals surface area contributed by atoms with Gasteiger partial charge < -0.3 is 5.32 Å². The summed E-state index contributed by atoms with van der Waals surface area (Å²) in [6, 6.07) is 14.1. The van der Waals surface area contributed by atoms with E-state index in [9.17, 15) is 14.9 Å². The monoisotopic (exact) mass is 298 g/mol. The van der Waals surface area contributed by atoms with Crippen molar-refractivity contribution < 1.29 is 9.72 Å². The Morgan fingerprint density at radius 3 is 2.45 bits per heavy atom. The molecule has 0 fully saturated rings. The Labute approximate surface area is 129 Å². The van der Waals surface area contributed by atoms with Crippen LogP contribution in [0.15, 0.2) is 48.5 Å². The van der Waals surface area contributed by atoms with E-state index in [2.05, 4.69) is 24.4 Å². The van der Waals surface area contributed by atoms with Crippen molar-refractivity contribution in [2.75, 3.05) is 5.32 Å². The normalized spacial score (nSPS) is 10.2. The maximum Gasteiger partial charge on any atom is 0.271 e. The summed E-state index contributed by atoms with van der Waals surface area (Å²) >= 11 is 0. The lowest BCUT2D eigenvalue weighted by molar-refractivity contribution is -0.384. The van der Waals surface area contributed by atoms with Gasteiger partial charge >= 0.3 is 0 Å². The van der Waals surface area contributed by atoms with Gasteiger partial charge in [0.25, 0.3) is 5.69 Å². The molecule has 0 spiro atoms. The number of carbonyl (C=O) groups is 1. The van der Waals surface area contributed by atoms with Gasteiger partial charge in [-0.25, -0.2) is 0 Å². The molecular formula is C17H18N2O3. The van der Waals surface area contributed by atoms with E-state index in [-0.39, 0.29) is 11.6 Å². The number of anilines is 1. The molecule has 0 radical (unpaired) electrons. The van der Waals surface area contributed by atoms with Crippen LogP contribution in [0.1, 0.15) is 24.5 Å². The lowest BCUT2D eigenvalue weighted by atomic mass is 10.1. The van der Waals surface area contributed by atoms with Crippen LogP contribution in [0.3, 0.4) is 0 Å². The van der Waals surface area contributed by atoms with Crippen molar-refractivity contribution in [3.8, 4) is 0 Å². The Bertz CT molecular complexity index is 666. The van der Waals surface area contributed by atoms with Crippen LogP contribution in [0.25, 0.3) is 0 Å². The molecule has 0 aliphatic heterocycles. The SMILES string of the molecule is CCc1ccc(CCC(=O)Nc2cccc([N+](=O)[O-])c2)cc1. The highest BCUT2D eigenvalue weighted by molar-refractivity contribution is 5.91. The van der Waals surface area contributed by atoms with Gasteiger partial charge in [0.05, 0.1) is 4.92 Å². The average molecular weight is 298 g/mol. The summed E-state index contributed by atoms with van der Waals surface area (Å²) in [6.07, 6.45) is 1.98. The second-order valence-corrected chi connectivity index (χ2v) is 5.03. The first-order valence-electron chi connectivity index (χ1n) is 7.20. The summed E-state index contributed by atoms with van der Waals surface area (Å²) in [6.45, 7) is 2.10. The molecule has 0 aliphatic carbocycles. The van der Waals surface area contributed by atoms with Gasteiger partial charge in [0, 0.05) is 24.2 Å². The smallest absolute Gasteiger partial charge is 0.271 e. The van der Waals surface area contributed by atoms with Gasteiger partial charge in [0.1, 0.15) is 0 Å². The standard InChI is InChI=1S/C17H18N2O3/c1-2-13-6-8-14(9-7-13)10-11-17(20)18-15-4-3-5-16(12-15)19(21)22/h3-9,12H,2,10-11H2,1H3,(H,18,20). The zero-order valence-corrected chi connectivity index (χ0v) is 12.4. The highest BCUT2D eigenvalue weighted by atomic mass is 16.6. The lowest BCUT2D eigenvalue weighted by Gasteiger charge is -2.06. The zero-order valence-electron chi connectivity index (χ0n) is 12.4. The minimum Gasteiger partial charge on any atom is -0.326 e. The molecule has 2 aromatic rings. The summed E-state index contributed by atoms with van der Waals surface area (Å²) < 4.78 is 0. The first kappa shape index (κ1) is 15.7. The van der Waals surface area contributed by atoms with Crippen LogP contribution in [0.4, 0.5) is 11.4 Å². The van der Waals surface area contributed by atoms with Crippen LogP contribution in [-0.2, 0) is 17.6 Å². The van der Waals surface area contributed by atoms with E-state index >= 15 is 0 Å². The maximum atomic E-state index is 11.9. The van der Waals surface area contributed by atoms with Crippen LogP contribution in [0, 0.1) is 10.1 Å². The molecule has 0 aromatic heterocycles. The van der Waals surface area contributed by atoms with Gasteiger partial charge in [-0.1, -0.05) is 37.3 Å². The number of amides is 1. The number of benzene rings is 2. The highest BCUT2D eigenvalue weighted by Crippen LogP contribution is 2.17. The Kier molecular flexibility index (Phi) is 5.25. The quantitative estimate of drug-likeness (QED) is 0.652. The second kappa shape index (κ2) is 7.36. The number of nitrogens with zero attached hydrogens (tertiary/aromatic N) is 1. The predicted molar refractivity (Wildman–Crippen MR) is 85.9 cm³/mol. The molecule has 0 aliphatic rings. The van der Waals surface area contributed by atoms with Crippen molar-refractivity contribution in [1.82, 2.24) is 0 Å². The molecule has 0 unspecified atom stereocenters. The van der Waals surface area contributed by atoms with Gasteiger partial charge in [-0.15, -0.1) is 0 Å². The minimum absolute atomic E-state index is 0.0343. The third-order valence-corrected chi connectivity index (χ3v) is 3.41. The minimum atomic E-state index is -0.481. The van der Waals surface area contributed by atoms with E-state index in [4.69, 9.17) is 0 Å². The summed E-state index contributed by atoms with van der Waals surface area (Å²) in [7, 11) is 0. The van der Waals surface area contributed by atoms with Gasteiger partial charge in [-0.3, -0.25) is 14.9 Å². The number of non-ortho nitro benzene ring substituents is 1. The number of aryl methyl sites for hydroxylation is 2. The summed E-state index contributed by atoms with van der Waals surface area (Å²) in [4.78, 5) is 22.1. The van der Waals surface area contributed by atoms with E-state index in [0.29, 0.717) is 18.5 Å². The summed E-state index contributed by atoms with van der Waals surface area (Å²) in [5, 5.41) is 13.4. The number of hydrogen-bond acceptors (Lipinski definition) is 3. The van der Waals surface area contributed by atoms with Crippen molar-refractivity contribution in [2.24, 2.45) is 0 Å². The Balaban J connectivity index is 1.89. The fraction of sp³-hybridized carbons (Fsp3) is 0.235. The van der Waals surface area contributed by atoms with Crippen molar-refractivity contribution in [2.45, 2.75) is 26.2 Å². The number of nitro groups is 1. The summed E-state index contributed by atoms with van der Waals surface area (Å²) in [5.41, 5.74) is 2.78. The third kappa shape index (κ3) is 4.41. The molecule has 0 heterocycles. The lowest BCUT2D eigenvalue weighted by Crippen LogP contribution is -2.12. The van der Waals surface area contributed by atoms with Crippen molar-refractivity contribution >= 4 is 17.3 Å². The van der Waals surface area contributed by atoms with Gasteiger partial charge in [-0.2, -0.15) is 0 Å². The molecule has 22 heavy (non-hydrogen) atoms. The van der Waals surface area contributed by atoms with Crippen LogP contribution < -0.4 is 5.32 Å². The van der Waals surface area contributed by atoms with Crippen LogP contribution in [0.5, 0.6) is 0 Å². The molecule has 0 saturated carbocycles. The number of hydrogen-bond donors (Lipinski definition) is 1. The average Bonchev–Trinajstić information content (AvgIpc) is 2.53. The number of nitrogens with one attached hydrogen (secondary N) is 1. The molecule has 5 heteroatoms. The first-order chi connectivity index (χ1) is 10.6. The van der Waals surface area contributed by atoms with E-state index < -0.39 is 4.92 Å². The van der Waals surface area contributed by atoms with E-state index in [1.54, 1.807) is 12.1 Å². The molecule has 114 valence electrons. The highest BCUT2D eigenvalue weighted by Gasteiger charge is 2.08. The molecular weight excluding hydrogens is 280 g/mol. The second-order valence-electron chi connectivity index (χ2n) is 5.03. The van der Waals surface area contributed by atoms with Crippen LogP contribution in [0.2, 0.25) is 0 Å². The largest absolute Gasteiger partial charge is 0.326 e. The van der Waals surface area contributed by atoms with E-state index in [0.717, 1.165) is 12.0 Å². The molecule has 2 aromatic carbocycles. The molecule has 2 rings (SSSR count). The predicted octanol–water partition coefficient (Wildman–Crippen LogP) is 3.73. The van der Waals surface area contributed by atoms with Crippen LogP contribution in [-0.4, -0.2) is 10.8 Å². The van der Waals surface area contributed by atoms with Crippen LogP contribution >= 0.6 is 0 Å². The fourth-order valence-electron chi connectivity index (χ4n) is 2.12. The molecule has 1 N–H and O–H groups in total. The number of carbonyl (C=O) groups excluding carboxylic acids is 1. The van der Waals surface area contributed by atoms with E-state index in [1.807, 2.05) is 12.1 Å². The van der Waals surface area contributed by atoms with Gasteiger partial charge in [-0.05, 0) is 30.0 Å². The van der Waals surface area contributed by atoms with Crippen molar-refractivity contribution in [3.63, 3.8) is 0 Å². The molecule has 5 nitrogen and oxygen atoms in total. The third-order valence-electron chi connectivity index (χ3n) is 3.41.